The summed E-state index contributed by atoms with van der Waals surface area (Å²) in [7, 11) is 3.18. The van der Waals surface area contributed by atoms with Crippen molar-refractivity contribution in [2.75, 3.05) is 20.8 Å². The van der Waals surface area contributed by atoms with Crippen LogP contribution in [-0.2, 0) is 6.54 Å². The van der Waals surface area contributed by atoms with E-state index in [2.05, 4.69) is 27.5 Å². The van der Waals surface area contributed by atoms with Crippen LogP contribution in [0.5, 0.6) is 11.8 Å². The van der Waals surface area contributed by atoms with E-state index < -0.39 is 0 Å². The van der Waals surface area contributed by atoms with Crippen LogP contribution in [0.15, 0.2) is 17.1 Å². The molecular weight excluding hydrogens is 232 g/mol. The van der Waals surface area contributed by atoms with Crippen molar-refractivity contribution in [3.8, 4) is 11.8 Å². The van der Waals surface area contributed by atoms with Gasteiger partial charge >= 0.3 is 0 Å². The Morgan fingerprint density at radius 2 is 2.22 bits per heavy atom. The molecule has 0 saturated heterocycles. The van der Waals surface area contributed by atoms with E-state index in [1.807, 2.05) is 12.1 Å². The summed E-state index contributed by atoms with van der Waals surface area (Å²) >= 11 is 0. The molecule has 0 saturated carbocycles. The lowest BCUT2D eigenvalue weighted by Crippen LogP contribution is -2.37. The van der Waals surface area contributed by atoms with Crippen molar-refractivity contribution in [3.63, 3.8) is 0 Å². The fraction of sp³-hybridized carbons (Fsp3) is 0.500. The third-order valence-electron chi connectivity index (χ3n) is 2.67. The van der Waals surface area contributed by atoms with Gasteiger partial charge in [-0.1, -0.05) is 0 Å². The van der Waals surface area contributed by atoms with Gasteiger partial charge in [0.05, 0.1) is 20.8 Å². The van der Waals surface area contributed by atoms with Crippen molar-refractivity contribution in [2.24, 2.45) is 4.99 Å². The van der Waals surface area contributed by atoms with Crippen molar-refractivity contribution in [1.29, 1.82) is 0 Å². The smallest absolute Gasteiger partial charge is 0.221 e. The molecular formula is C12H18N4O2. The molecule has 0 spiro atoms. The number of rotatable bonds is 4. The summed E-state index contributed by atoms with van der Waals surface area (Å²) in [6.07, 6.45) is 0. The number of hydrogen-bond acceptors (Lipinski definition) is 6. The highest BCUT2D eigenvalue weighted by Gasteiger charge is 2.13. The van der Waals surface area contributed by atoms with E-state index in [0.717, 1.165) is 18.1 Å². The van der Waals surface area contributed by atoms with E-state index >= 15 is 0 Å². The molecule has 0 radical (unpaired) electrons. The first-order valence-electron chi connectivity index (χ1n) is 5.85. The largest absolute Gasteiger partial charge is 0.481 e. The van der Waals surface area contributed by atoms with Crippen LogP contribution in [0, 0.1) is 0 Å². The molecule has 0 fully saturated rings. The maximum absolute atomic E-state index is 5.23. The Bertz CT molecular complexity index is 448. The molecule has 2 rings (SSSR count). The Labute approximate surface area is 106 Å². The molecule has 18 heavy (non-hydrogen) atoms. The normalized spacial score (nSPS) is 17.9. The molecule has 1 aromatic rings. The van der Waals surface area contributed by atoms with Crippen LogP contribution < -0.4 is 20.1 Å². The van der Waals surface area contributed by atoms with Gasteiger partial charge in [-0.25, -0.2) is 0 Å². The summed E-state index contributed by atoms with van der Waals surface area (Å²) in [4.78, 5) is 8.55. The molecule has 2 N–H and O–H groups in total. The van der Waals surface area contributed by atoms with Gasteiger partial charge in [0.2, 0.25) is 11.8 Å². The molecule has 2 heterocycles. The molecule has 6 heteroatoms. The zero-order chi connectivity index (χ0) is 13.0. The lowest BCUT2D eigenvalue weighted by atomic mass is 10.2. The number of pyridine rings is 1. The second kappa shape index (κ2) is 5.57. The Hall–Kier alpha value is -1.98. The average molecular weight is 250 g/mol. The molecule has 1 unspecified atom stereocenters. The van der Waals surface area contributed by atoms with Crippen molar-refractivity contribution >= 4 is 5.96 Å². The number of aliphatic imine (C=N–C) groups is 1. The zero-order valence-corrected chi connectivity index (χ0v) is 10.9. The number of nitrogens with one attached hydrogen (secondary N) is 2. The highest BCUT2D eigenvalue weighted by molar-refractivity contribution is 5.81. The summed E-state index contributed by atoms with van der Waals surface area (Å²) < 4.78 is 10.3. The van der Waals surface area contributed by atoms with Crippen LogP contribution in [-0.4, -0.2) is 37.7 Å². The molecule has 0 bridgehead atoms. The lowest BCUT2D eigenvalue weighted by Gasteiger charge is -2.11. The maximum Gasteiger partial charge on any atom is 0.221 e. The van der Waals surface area contributed by atoms with E-state index in [-0.39, 0.29) is 0 Å². The van der Waals surface area contributed by atoms with Crippen molar-refractivity contribution in [3.05, 3.63) is 17.7 Å². The number of aromatic nitrogens is 1. The van der Waals surface area contributed by atoms with Crippen LogP contribution in [0.2, 0.25) is 0 Å². The summed E-state index contributed by atoms with van der Waals surface area (Å²) in [6, 6.07) is 4.13. The Balaban J connectivity index is 2.00. The third-order valence-corrected chi connectivity index (χ3v) is 2.67. The zero-order valence-electron chi connectivity index (χ0n) is 10.9. The van der Waals surface area contributed by atoms with Crippen LogP contribution in [0.25, 0.3) is 0 Å². The van der Waals surface area contributed by atoms with E-state index in [1.165, 1.54) is 0 Å². The predicted octanol–water partition coefficient (Wildman–Crippen LogP) is 0.536. The van der Waals surface area contributed by atoms with E-state index in [1.54, 1.807) is 14.2 Å². The van der Waals surface area contributed by atoms with E-state index in [4.69, 9.17) is 9.47 Å². The molecule has 1 atom stereocenters. The minimum atomic E-state index is 0.392. The highest BCUT2D eigenvalue weighted by atomic mass is 16.5. The van der Waals surface area contributed by atoms with Crippen LogP contribution >= 0.6 is 0 Å². The van der Waals surface area contributed by atoms with Gasteiger partial charge in [0.1, 0.15) is 0 Å². The summed E-state index contributed by atoms with van der Waals surface area (Å²) in [5, 5.41) is 6.46. The second-order valence-corrected chi connectivity index (χ2v) is 4.11. The molecule has 0 aromatic carbocycles. The Morgan fingerprint density at radius 3 is 2.83 bits per heavy atom. The molecule has 1 aromatic heterocycles. The molecule has 6 nitrogen and oxygen atoms in total. The monoisotopic (exact) mass is 250 g/mol. The van der Waals surface area contributed by atoms with E-state index in [0.29, 0.717) is 24.3 Å². The number of guanidine groups is 1. The lowest BCUT2D eigenvalue weighted by molar-refractivity contribution is 0.361. The third kappa shape index (κ3) is 2.82. The van der Waals surface area contributed by atoms with Crippen LogP contribution in [0.3, 0.4) is 0 Å². The van der Waals surface area contributed by atoms with Gasteiger partial charge in [0.25, 0.3) is 0 Å². The van der Waals surface area contributed by atoms with Crippen molar-refractivity contribution < 1.29 is 9.47 Å². The van der Waals surface area contributed by atoms with Gasteiger partial charge in [0, 0.05) is 24.2 Å². The van der Waals surface area contributed by atoms with Gasteiger partial charge in [-0.05, 0) is 13.0 Å². The topological polar surface area (TPSA) is 67.8 Å². The highest BCUT2D eigenvalue weighted by Crippen LogP contribution is 2.19. The van der Waals surface area contributed by atoms with Crippen LogP contribution in [0.1, 0.15) is 12.5 Å². The quantitative estimate of drug-likeness (QED) is 0.816. The SMILES string of the molecule is COc1ccc(CNC2=NCC(C)N2)c(OC)n1. The summed E-state index contributed by atoms with van der Waals surface area (Å²) in [6.45, 7) is 3.51. The van der Waals surface area contributed by atoms with E-state index in [9.17, 15) is 0 Å². The minimum absolute atomic E-state index is 0.392. The molecule has 1 aliphatic heterocycles. The number of methoxy groups -OCH3 is 2. The second-order valence-electron chi connectivity index (χ2n) is 4.11. The first-order valence-corrected chi connectivity index (χ1v) is 5.85. The van der Waals surface area contributed by atoms with Gasteiger partial charge in [-0.15, -0.1) is 0 Å². The fourth-order valence-electron chi connectivity index (χ4n) is 1.72. The fourth-order valence-corrected chi connectivity index (χ4v) is 1.72. The van der Waals surface area contributed by atoms with Gasteiger partial charge in [-0.2, -0.15) is 4.98 Å². The van der Waals surface area contributed by atoms with Gasteiger partial charge < -0.3 is 20.1 Å². The average Bonchev–Trinajstić information content (AvgIpc) is 2.82. The number of nitrogens with zero attached hydrogens (tertiary/aromatic N) is 2. The van der Waals surface area contributed by atoms with Crippen LogP contribution in [0.4, 0.5) is 0 Å². The Kier molecular flexibility index (Phi) is 3.86. The Morgan fingerprint density at radius 1 is 1.39 bits per heavy atom. The van der Waals surface area contributed by atoms with Gasteiger partial charge in [-0.3, -0.25) is 4.99 Å². The number of hydrogen-bond donors (Lipinski definition) is 2. The first kappa shape index (κ1) is 12.5. The molecule has 0 amide bonds. The first-order chi connectivity index (χ1) is 8.72. The van der Waals surface area contributed by atoms with Crippen molar-refractivity contribution in [2.45, 2.75) is 19.5 Å². The molecule has 0 aliphatic carbocycles. The summed E-state index contributed by atoms with van der Waals surface area (Å²) in [5.74, 6) is 1.93. The standard InChI is InChI=1S/C12H18N4O2/c1-8-6-13-12(15-8)14-7-9-4-5-10(17-2)16-11(9)18-3/h4-5,8H,6-7H2,1-3H3,(H2,13,14,15). The maximum atomic E-state index is 5.23. The molecule has 98 valence electrons. The summed E-state index contributed by atoms with van der Waals surface area (Å²) in [5.41, 5.74) is 0.961. The molecule has 1 aliphatic rings. The predicted molar refractivity (Wildman–Crippen MR) is 69.1 cm³/mol. The van der Waals surface area contributed by atoms with Crippen molar-refractivity contribution in [1.82, 2.24) is 15.6 Å². The van der Waals surface area contributed by atoms with Gasteiger partial charge in [0.15, 0.2) is 5.96 Å². The minimum Gasteiger partial charge on any atom is -0.481 e. The number of ether oxygens (including phenoxy) is 2.